The predicted octanol–water partition coefficient (Wildman–Crippen LogP) is 3.53. The van der Waals surface area contributed by atoms with E-state index in [0.717, 1.165) is 36.3 Å². The van der Waals surface area contributed by atoms with Crippen LogP contribution < -0.4 is 10.1 Å². The molecule has 4 heteroatoms. The van der Waals surface area contributed by atoms with Crippen LogP contribution in [-0.2, 0) is 0 Å². The molecule has 0 aromatic heterocycles. The smallest absolute Gasteiger partial charge is 0.119 e. The molecule has 1 aromatic carbocycles. The van der Waals surface area contributed by atoms with E-state index in [4.69, 9.17) is 16.3 Å². The van der Waals surface area contributed by atoms with Crippen LogP contribution in [0.4, 0.5) is 0 Å². The lowest BCUT2D eigenvalue weighted by Gasteiger charge is -2.22. The van der Waals surface area contributed by atoms with Crippen molar-refractivity contribution in [2.24, 2.45) is 5.92 Å². The fourth-order valence-corrected chi connectivity index (χ4v) is 2.17. The van der Waals surface area contributed by atoms with Crippen LogP contribution in [-0.4, -0.2) is 19.7 Å². The normalized spacial score (nSPS) is 19.5. The zero-order valence-corrected chi connectivity index (χ0v) is 11.4. The quantitative estimate of drug-likeness (QED) is 0.908. The highest BCUT2D eigenvalue weighted by Crippen LogP contribution is 2.18. The molecule has 17 heavy (non-hydrogen) atoms. The van der Waals surface area contributed by atoms with Crippen LogP contribution in [0.2, 0.25) is 5.02 Å². The monoisotopic (exact) mass is 275 g/mol. The SMILES string of the molecule is Cl.Clc1ccc(OCCC2CCCNC2)cc1. The summed E-state index contributed by atoms with van der Waals surface area (Å²) in [5.41, 5.74) is 0. The van der Waals surface area contributed by atoms with E-state index in [-0.39, 0.29) is 12.4 Å². The van der Waals surface area contributed by atoms with Crippen LogP contribution in [0, 0.1) is 5.92 Å². The summed E-state index contributed by atoms with van der Waals surface area (Å²) < 4.78 is 5.68. The molecule has 1 aromatic rings. The van der Waals surface area contributed by atoms with Crippen molar-refractivity contribution in [3.63, 3.8) is 0 Å². The topological polar surface area (TPSA) is 21.3 Å². The molecule has 2 nitrogen and oxygen atoms in total. The molecule has 0 amide bonds. The van der Waals surface area contributed by atoms with Crippen molar-refractivity contribution in [1.29, 1.82) is 0 Å². The molecule has 1 unspecified atom stereocenters. The Morgan fingerprint density at radius 1 is 1.29 bits per heavy atom. The minimum absolute atomic E-state index is 0. The molecular weight excluding hydrogens is 257 g/mol. The molecule has 0 aliphatic carbocycles. The highest BCUT2D eigenvalue weighted by atomic mass is 35.5. The first kappa shape index (κ1) is 14.6. The summed E-state index contributed by atoms with van der Waals surface area (Å²) in [5, 5.41) is 4.17. The van der Waals surface area contributed by atoms with Gasteiger partial charge in [0.2, 0.25) is 0 Å². The van der Waals surface area contributed by atoms with Gasteiger partial charge >= 0.3 is 0 Å². The maximum atomic E-state index is 5.80. The number of rotatable bonds is 4. The average molecular weight is 276 g/mol. The van der Waals surface area contributed by atoms with E-state index < -0.39 is 0 Å². The molecule has 0 saturated carbocycles. The second-order valence-corrected chi connectivity index (χ2v) is 4.74. The molecule has 1 fully saturated rings. The van der Waals surface area contributed by atoms with Gasteiger partial charge in [0.25, 0.3) is 0 Å². The molecule has 1 aliphatic rings. The van der Waals surface area contributed by atoms with Gasteiger partial charge in [-0.3, -0.25) is 0 Å². The van der Waals surface area contributed by atoms with Crippen LogP contribution in [0.1, 0.15) is 19.3 Å². The molecule has 1 heterocycles. The van der Waals surface area contributed by atoms with Gasteiger partial charge in [0, 0.05) is 5.02 Å². The van der Waals surface area contributed by atoms with Crippen molar-refractivity contribution in [3.05, 3.63) is 29.3 Å². The second kappa shape index (κ2) is 7.80. The Kier molecular flexibility index (Phi) is 6.71. The molecule has 1 atom stereocenters. The Bertz CT molecular complexity index is 310. The summed E-state index contributed by atoms with van der Waals surface area (Å²) in [6, 6.07) is 7.56. The number of ether oxygens (including phenoxy) is 1. The van der Waals surface area contributed by atoms with Crippen molar-refractivity contribution in [3.8, 4) is 5.75 Å². The second-order valence-electron chi connectivity index (χ2n) is 4.30. The number of hydrogen-bond donors (Lipinski definition) is 1. The molecule has 2 rings (SSSR count). The molecule has 0 bridgehead atoms. The Balaban J connectivity index is 0.00000144. The van der Waals surface area contributed by atoms with E-state index in [2.05, 4.69) is 5.32 Å². The number of piperidine rings is 1. The molecule has 1 saturated heterocycles. The fourth-order valence-electron chi connectivity index (χ4n) is 2.04. The highest BCUT2D eigenvalue weighted by Gasteiger charge is 2.12. The van der Waals surface area contributed by atoms with Crippen molar-refractivity contribution < 1.29 is 4.74 Å². The van der Waals surface area contributed by atoms with Gasteiger partial charge in [-0.05, 0) is 62.5 Å². The first-order chi connectivity index (χ1) is 7.84. The Morgan fingerprint density at radius 3 is 2.71 bits per heavy atom. The summed E-state index contributed by atoms with van der Waals surface area (Å²) in [6.07, 6.45) is 3.76. The molecule has 0 spiro atoms. The molecule has 1 N–H and O–H groups in total. The van der Waals surface area contributed by atoms with Crippen LogP contribution in [0.3, 0.4) is 0 Å². The lowest BCUT2D eigenvalue weighted by molar-refractivity contribution is 0.254. The van der Waals surface area contributed by atoms with Crippen LogP contribution in [0.15, 0.2) is 24.3 Å². The Hall–Kier alpha value is -0.440. The third kappa shape index (κ3) is 5.15. The lowest BCUT2D eigenvalue weighted by Crippen LogP contribution is -2.30. The number of halogens is 2. The number of benzene rings is 1. The van der Waals surface area contributed by atoms with Gasteiger partial charge in [-0.2, -0.15) is 0 Å². The van der Waals surface area contributed by atoms with Gasteiger partial charge in [0.15, 0.2) is 0 Å². The van der Waals surface area contributed by atoms with E-state index >= 15 is 0 Å². The van der Waals surface area contributed by atoms with Crippen molar-refractivity contribution in [2.75, 3.05) is 19.7 Å². The van der Waals surface area contributed by atoms with Gasteiger partial charge in [0.1, 0.15) is 5.75 Å². The molecular formula is C13H19Cl2NO. The van der Waals surface area contributed by atoms with Gasteiger partial charge in [-0.15, -0.1) is 12.4 Å². The fraction of sp³-hybridized carbons (Fsp3) is 0.538. The standard InChI is InChI=1S/C13H18ClNO.ClH/c14-12-3-5-13(6-4-12)16-9-7-11-2-1-8-15-10-11;/h3-6,11,15H,1-2,7-10H2;1H. The maximum Gasteiger partial charge on any atom is 0.119 e. The van der Waals surface area contributed by atoms with E-state index in [0.29, 0.717) is 0 Å². The Labute approximate surface area is 114 Å². The average Bonchev–Trinajstić information content (AvgIpc) is 2.33. The van der Waals surface area contributed by atoms with Crippen LogP contribution >= 0.6 is 24.0 Å². The third-order valence-electron chi connectivity index (χ3n) is 3.01. The lowest BCUT2D eigenvalue weighted by atomic mass is 9.97. The predicted molar refractivity (Wildman–Crippen MR) is 74.4 cm³/mol. The van der Waals surface area contributed by atoms with Gasteiger partial charge in [-0.25, -0.2) is 0 Å². The highest BCUT2D eigenvalue weighted by molar-refractivity contribution is 6.30. The third-order valence-corrected chi connectivity index (χ3v) is 3.26. The van der Waals surface area contributed by atoms with Crippen molar-refractivity contribution >= 4 is 24.0 Å². The zero-order valence-electron chi connectivity index (χ0n) is 9.82. The summed E-state index contributed by atoms with van der Waals surface area (Å²) in [5.74, 6) is 1.69. The van der Waals surface area contributed by atoms with Crippen molar-refractivity contribution in [1.82, 2.24) is 5.32 Å². The first-order valence-corrected chi connectivity index (χ1v) is 6.31. The van der Waals surface area contributed by atoms with Gasteiger partial charge < -0.3 is 10.1 Å². The number of hydrogen-bond acceptors (Lipinski definition) is 2. The zero-order chi connectivity index (χ0) is 11.2. The van der Waals surface area contributed by atoms with E-state index in [1.54, 1.807) is 0 Å². The molecule has 0 radical (unpaired) electrons. The summed E-state index contributed by atoms with van der Waals surface area (Å²) in [7, 11) is 0. The minimum atomic E-state index is 0. The summed E-state index contributed by atoms with van der Waals surface area (Å²) >= 11 is 5.80. The minimum Gasteiger partial charge on any atom is -0.494 e. The van der Waals surface area contributed by atoms with Crippen LogP contribution in [0.5, 0.6) is 5.75 Å². The molecule has 96 valence electrons. The first-order valence-electron chi connectivity index (χ1n) is 5.94. The van der Waals surface area contributed by atoms with E-state index in [9.17, 15) is 0 Å². The van der Waals surface area contributed by atoms with E-state index in [1.807, 2.05) is 24.3 Å². The van der Waals surface area contributed by atoms with Crippen molar-refractivity contribution in [2.45, 2.75) is 19.3 Å². The Morgan fingerprint density at radius 2 is 2.06 bits per heavy atom. The van der Waals surface area contributed by atoms with Crippen LogP contribution in [0.25, 0.3) is 0 Å². The summed E-state index contributed by atoms with van der Waals surface area (Å²) in [6.45, 7) is 3.12. The summed E-state index contributed by atoms with van der Waals surface area (Å²) in [4.78, 5) is 0. The number of nitrogens with one attached hydrogen (secondary N) is 1. The largest absolute Gasteiger partial charge is 0.494 e. The van der Waals surface area contributed by atoms with Gasteiger partial charge in [0.05, 0.1) is 6.61 Å². The van der Waals surface area contributed by atoms with Gasteiger partial charge in [-0.1, -0.05) is 11.6 Å². The maximum absolute atomic E-state index is 5.80. The van der Waals surface area contributed by atoms with E-state index in [1.165, 1.54) is 19.4 Å². The molecule has 1 aliphatic heterocycles.